The van der Waals surface area contributed by atoms with Gasteiger partial charge in [0.25, 0.3) is 5.91 Å². The molecule has 4 nitrogen and oxygen atoms in total. The summed E-state index contributed by atoms with van der Waals surface area (Å²) in [6, 6.07) is 5.27. The SMILES string of the molecule is Cc1cscc1C(=O)N1CCc2c(cccc2C(=O)O)C1. The average molecular weight is 301 g/mol. The van der Waals surface area contributed by atoms with E-state index in [9.17, 15) is 14.7 Å². The summed E-state index contributed by atoms with van der Waals surface area (Å²) in [5, 5.41) is 13.1. The van der Waals surface area contributed by atoms with Gasteiger partial charge in [-0.15, -0.1) is 0 Å². The third-order valence-electron chi connectivity index (χ3n) is 3.87. The van der Waals surface area contributed by atoms with Gasteiger partial charge in [-0.05, 0) is 41.5 Å². The normalized spacial score (nSPS) is 13.9. The van der Waals surface area contributed by atoms with Gasteiger partial charge in [-0.3, -0.25) is 4.79 Å². The molecule has 1 N–H and O–H groups in total. The van der Waals surface area contributed by atoms with Crippen molar-refractivity contribution >= 4 is 23.2 Å². The van der Waals surface area contributed by atoms with Gasteiger partial charge in [0.1, 0.15) is 0 Å². The first-order valence-electron chi connectivity index (χ1n) is 6.74. The third kappa shape index (κ3) is 2.45. The van der Waals surface area contributed by atoms with E-state index in [2.05, 4.69) is 0 Å². The Morgan fingerprint density at radius 2 is 2.05 bits per heavy atom. The van der Waals surface area contributed by atoms with E-state index < -0.39 is 5.97 Å². The van der Waals surface area contributed by atoms with Crippen LogP contribution < -0.4 is 0 Å². The van der Waals surface area contributed by atoms with Crippen molar-refractivity contribution in [1.29, 1.82) is 0 Å². The van der Waals surface area contributed by atoms with Crippen molar-refractivity contribution in [1.82, 2.24) is 4.90 Å². The largest absolute Gasteiger partial charge is 0.478 e. The van der Waals surface area contributed by atoms with Gasteiger partial charge in [0, 0.05) is 18.5 Å². The van der Waals surface area contributed by atoms with Crippen LogP contribution in [0.15, 0.2) is 29.0 Å². The van der Waals surface area contributed by atoms with Crippen LogP contribution in [0.2, 0.25) is 0 Å². The molecule has 1 aliphatic rings. The molecule has 108 valence electrons. The van der Waals surface area contributed by atoms with Crippen molar-refractivity contribution in [2.75, 3.05) is 6.54 Å². The van der Waals surface area contributed by atoms with Crippen molar-refractivity contribution in [2.24, 2.45) is 0 Å². The predicted molar refractivity (Wildman–Crippen MR) is 80.9 cm³/mol. The first-order valence-corrected chi connectivity index (χ1v) is 7.68. The lowest BCUT2D eigenvalue weighted by Gasteiger charge is -2.29. The van der Waals surface area contributed by atoms with Crippen molar-refractivity contribution in [3.05, 3.63) is 56.8 Å². The molecule has 5 heteroatoms. The van der Waals surface area contributed by atoms with E-state index >= 15 is 0 Å². The number of carbonyl (C=O) groups is 2. The molecule has 0 aliphatic carbocycles. The van der Waals surface area contributed by atoms with E-state index in [1.54, 1.807) is 17.0 Å². The van der Waals surface area contributed by atoms with Gasteiger partial charge in [-0.25, -0.2) is 4.79 Å². The standard InChI is InChI=1S/C16H15NO3S/c1-10-8-21-9-14(10)15(18)17-6-5-12-11(7-17)3-2-4-13(12)16(19)20/h2-4,8-9H,5-7H2,1H3,(H,19,20). The monoisotopic (exact) mass is 301 g/mol. The van der Waals surface area contributed by atoms with Crippen LogP contribution in [-0.2, 0) is 13.0 Å². The molecule has 1 amide bonds. The van der Waals surface area contributed by atoms with Crippen LogP contribution >= 0.6 is 11.3 Å². The van der Waals surface area contributed by atoms with Gasteiger partial charge < -0.3 is 10.0 Å². The molecule has 1 aromatic carbocycles. The second kappa shape index (κ2) is 5.33. The first kappa shape index (κ1) is 13.8. The van der Waals surface area contributed by atoms with Crippen LogP contribution in [-0.4, -0.2) is 28.4 Å². The van der Waals surface area contributed by atoms with Gasteiger partial charge in [0.15, 0.2) is 0 Å². The lowest BCUT2D eigenvalue weighted by Crippen LogP contribution is -2.36. The fourth-order valence-electron chi connectivity index (χ4n) is 2.73. The fourth-order valence-corrected chi connectivity index (χ4v) is 3.56. The van der Waals surface area contributed by atoms with E-state index in [-0.39, 0.29) is 5.91 Å². The zero-order chi connectivity index (χ0) is 15.0. The summed E-state index contributed by atoms with van der Waals surface area (Å²) in [6.45, 7) is 2.97. The molecule has 0 unspecified atom stereocenters. The second-order valence-corrected chi connectivity index (χ2v) is 5.94. The molecule has 0 atom stereocenters. The van der Waals surface area contributed by atoms with E-state index in [0.717, 1.165) is 22.3 Å². The quantitative estimate of drug-likeness (QED) is 0.928. The summed E-state index contributed by atoms with van der Waals surface area (Å²) in [7, 11) is 0. The van der Waals surface area contributed by atoms with Gasteiger partial charge >= 0.3 is 5.97 Å². The van der Waals surface area contributed by atoms with Gasteiger partial charge in [-0.2, -0.15) is 11.3 Å². The number of aromatic carboxylic acids is 1. The van der Waals surface area contributed by atoms with Gasteiger partial charge in [0.2, 0.25) is 0 Å². The molecule has 0 fully saturated rings. The molecule has 1 aliphatic heterocycles. The minimum Gasteiger partial charge on any atom is -0.478 e. The van der Waals surface area contributed by atoms with Crippen molar-refractivity contribution in [3.8, 4) is 0 Å². The number of hydrogen-bond donors (Lipinski definition) is 1. The average Bonchev–Trinajstić information content (AvgIpc) is 2.91. The zero-order valence-electron chi connectivity index (χ0n) is 11.6. The minimum atomic E-state index is -0.902. The molecule has 0 spiro atoms. The maximum absolute atomic E-state index is 12.5. The molecular weight excluding hydrogens is 286 g/mol. The Kier molecular flexibility index (Phi) is 3.51. The molecule has 0 saturated heterocycles. The molecule has 1 aromatic heterocycles. The molecule has 21 heavy (non-hydrogen) atoms. The minimum absolute atomic E-state index is 0.0279. The Morgan fingerprint density at radius 1 is 1.24 bits per heavy atom. The van der Waals surface area contributed by atoms with E-state index in [1.165, 1.54) is 11.3 Å². The van der Waals surface area contributed by atoms with Gasteiger partial charge in [0.05, 0.1) is 11.1 Å². The number of fused-ring (bicyclic) bond motifs is 1. The highest BCUT2D eigenvalue weighted by atomic mass is 32.1. The highest BCUT2D eigenvalue weighted by molar-refractivity contribution is 7.08. The number of aryl methyl sites for hydroxylation is 1. The summed E-state index contributed by atoms with van der Waals surface area (Å²) in [5.41, 5.74) is 3.89. The summed E-state index contributed by atoms with van der Waals surface area (Å²) in [4.78, 5) is 25.6. The number of carboxylic acid groups (broad SMARTS) is 1. The number of benzene rings is 1. The smallest absolute Gasteiger partial charge is 0.335 e. The van der Waals surface area contributed by atoms with Crippen molar-refractivity contribution < 1.29 is 14.7 Å². The van der Waals surface area contributed by atoms with Crippen LogP contribution in [0.1, 0.15) is 37.4 Å². The fraction of sp³-hybridized carbons (Fsp3) is 0.250. The van der Waals surface area contributed by atoms with E-state index in [1.807, 2.05) is 23.8 Å². The first-order chi connectivity index (χ1) is 10.1. The van der Waals surface area contributed by atoms with E-state index in [4.69, 9.17) is 0 Å². The summed E-state index contributed by atoms with van der Waals surface area (Å²) < 4.78 is 0. The number of rotatable bonds is 2. The van der Waals surface area contributed by atoms with Crippen molar-refractivity contribution in [3.63, 3.8) is 0 Å². The number of thiophene rings is 1. The van der Waals surface area contributed by atoms with Crippen LogP contribution in [0.25, 0.3) is 0 Å². The van der Waals surface area contributed by atoms with Crippen LogP contribution in [0.5, 0.6) is 0 Å². The number of amides is 1. The molecule has 3 rings (SSSR count). The number of carboxylic acids is 1. The summed E-state index contributed by atoms with van der Waals surface area (Å²) >= 11 is 1.53. The van der Waals surface area contributed by atoms with Crippen LogP contribution in [0.3, 0.4) is 0 Å². The highest BCUT2D eigenvalue weighted by Gasteiger charge is 2.25. The lowest BCUT2D eigenvalue weighted by molar-refractivity contribution is 0.0694. The molecular formula is C16H15NO3S. The Morgan fingerprint density at radius 3 is 2.71 bits per heavy atom. The summed E-state index contributed by atoms with van der Waals surface area (Å²) in [5.74, 6) is -0.875. The second-order valence-electron chi connectivity index (χ2n) is 5.19. The molecule has 2 aromatic rings. The Hall–Kier alpha value is -2.14. The molecule has 0 radical (unpaired) electrons. The zero-order valence-corrected chi connectivity index (χ0v) is 12.4. The number of carbonyl (C=O) groups excluding carboxylic acids is 1. The Balaban J connectivity index is 1.89. The maximum Gasteiger partial charge on any atom is 0.335 e. The van der Waals surface area contributed by atoms with Gasteiger partial charge in [-0.1, -0.05) is 12.1 Å². The topological polar surface area (TPSA) is 57.6 Å². The molecule has 0 saturated carbocycles. The predicted octanol–water partition coefficient (Wildman–Crippen LogP) is 2.95. The summed E-state index contributed by atoms with van der Waals surface area (Å²) in [6.07, 6.45) is 0.590. The van der Waals surface area contributed by atoms with Crippen molar-refractivity contribution in [2.45, 2.75) is 19.9 Å². The van der Waals surface area contributed by atoms with Crippen LogP contribution in [0, 0.1) is 6.92 Å². The molecule has 0 bridgehead atoms. The highest BCUT2D eigenvalue weighted by Crippen LogP contribution is 2.25. The number of nitrogens with zero attached hydrogens (tertiary/aromatic N) is 1. The molecule has 2 heterocycles. The maximum atomic E-state index is 12.5. The number of hydrogen-bond acceptors (Lipinski definition) is 3. The van der Waals surface area contributed by atoms with E-state index in [0.29, 0.717) is 25.1 Å². The third-order valence-corrected chi connectivity index (χ3v) is 4.73. The van der Waals surface area contributed by atoms with Crippen LogP contribution in [0.4, 0.5) is 0 Å². The Labute approximate surface area is 126 Å². The Bertz CT molecular complexity index is 720. The lowest BCUT2D eigenvalue weighted by atomic mass is 9.94.